The highest BCUT2D eigenvalue weighted by atomic mass is 35.5. The number of fused-ring (bicyclic) bond motifs is 1. The van der Waals surface area contributed by atoms with E-state index in [1.807, 2.05) is 36.4 Å². The summed E-state index contributed by atoms with van der Waals surface area (Å²) in [5.41, 5.74) is 2.72. The van der Waals surface area contributed by atoms with Crippen LogP contribution in [-0.2, 0) is 0 Å². The maximum Gasteiger partial charge on any atom is 0.146 e. The van der Waals surface area contributed by atoms with Crippen molar-refractivity contribution >= 4 is 22.5 Å². The maximum atomic E-state index is 11.0. The Morgan fingerprint density at radius 3 is 2.54 bits per heavy atom. The second-order valence-corrected chi connectivity index (χ2v) is 7.69. The predicted molar refractivity (Wildman–Crippen MR) is 107 cm³/mol. The number of aromatic nitrogens is 1. The van der Waals surface area contributed by atoms with Gasteiger partial charge < -0.3 is 5.11 Å². The molecule has 3 nitrogen and oxygen atoms in total. The third kappa shape index (κ3) is 3.29. The topological polar surface area (TPSA) is 36.4 Å². The van der Waals surface area contributed by atoms with Gasteiger partial charge in [0.15, 0.2) is 0 Å². The third-order valence-corrected chi connectivity index (χ3v) is 5.69. The zero-order valence-corrected chi connectivity index (χ0v) is 15.7. The van der Waals surface area contributed by atoms with Crippen LogP contribution in [0.15, 0.2) is 54.7 Å². The first kappa shape index (κ1) is 17.3. The van der Waals surface area contributed by atoms with Crippen LogP contribution in [0.3, 0.4) is 0 Å². The number of nitrogens with zero attached hydrogens (tertiary/aromatic N) is 2. The maximum absolute atomic E-state index is 11.0. The number of piperidine rings is 1. The lowest BCUT2D eigenvalue weighted by molar-refractivity contribution is 0.156. The van der Waals surface area contributed by atoms with Crippen LogP contribution in [0.4, 0.5) is 0 Å². The molecule has 2 heterocycles. The average Bonchev–Trinajstić information content (AvgIpc) is 2.67. The van der Waals surface area contributed by atoms with Crippen LogP contribution in [0.5, 0.6) is 5.75 Å². The lowest BCUT2D eigenvalue weighted by atomic mass is 9.91. The van der Waals surface area contributed by atoms with Crippen LogP contribution in [0.2, 0.25) is 5.02 Å². The molecule has 1 atom stereocenters. The first-order valence-electron chi connectivity index (χ1n) is 9.19. The summed E-state index contributed by atoms with van der Waals surface area (Å²) in [4.78, 5) is 6.86. The number of aromatic hydroxyl groups is 1. The number of pyridine rings is 1. The molecule has 1 saturated heterocycles. The van der Waals surface area contributed by atoms with Crippen LogP contribution < -0.4 is 0 Å². The molecule has 4 heteroatoms. The van der Waals surface area contributed by atoms with E-state index >= 15 is 0 Å². The molecule has 0 amide bonds. The number of hydrogen-bond donors (Lipinski definition) is 1. The number of hydrogen-bond acceptors (Lipinski definition) is 3. The molecule has 26 heavy (non-hydrogen) atoms. The van der Waals surface area contributed by atoms with Crippen molar-refractivity contribution < 1.29 is 5.11 Å². The van der Waals surface area contributed by atoms with E-state index in [4.69, 9.17) is 11.6 Å². The van der Waals surface area contributed by atoms with Crippen LogP contribution in [-0.4, -0.2) is 28.1 Å². The summed E-state index contributed by atoms with van der Waals surface area (Å²) < 4.78 is 0. The van der Waals surface area contributed by atoms with Crippen molar-refractivity contribution in [1.82, 2.24) is 9.88 Å². The fraction of sp³-hybridized carbons (Fsp3) is 0.318. The van der Waals surface area contributed by atoms with Gasteiger partial charge in [0, 0.05) is 22.2 Å². The summed E-state index contributed by atoms with van der Waals surface area (Å²) in [5.74, 6) is 1.03. The standard InChI is InChI=1S/C22H23ClN2O/c1-15-10-13-25(14-11-15)21(17-4-7-18(23)8-5-17)19-9-6-16-3-2-12-24-20(16)22(19)26/h2-9,12,15,21,26H,10-11,13-14H2,1H3/t21-/m0/s1. The minimum Gasteiger partial charge on any atom is -0.505 e. The Morgan fingerprint density at radius 1 is 1.08 bits per heavy atom. The molecule has 2 aromatic carbocycles. The molecule has 0 unspecified atom stereocenters. The summed E-state index contributed by atoms with van der Waals surface area (Å²) >= 11 is 6.10. The van der Waals surface area contributed by atoms with Crippen LogP contribution in [0.25, 0.3) is 10.9 Å². The molecule has 0 radical (unpaired) electrons. The fourth-order valence-corrected chi connectivity index (χ4v) is 4.01. The van der Waals surface area contributed by atoms with Gasteiger partial charge in [-0.2, -0.15) is 0 Å². The number of phenols is 1. The number of rotatable bonds is 3. The molecule has 0 aliphatic carbocycles. The summed E-state index contributed by atoms with van der Waals surface area (Å²) in [7, 11) is 0. The van der Waals surface area contributed by atoms with Crippen molar-refractivity contribution in [2.24, 2.45) is 5.92 Å². The Morgan fingerprint density at radius 2 is 1.81 bits per heavy atom. The smallest absolute Gasteiger partial charge is 0.146 e. The van der Waals surface area contributed by atoms with Gasteiger partial charge in [-0.25, -0.2) is 0 Å². The van der Waals surface area contributed by atoms with Crippen LogP contribution >= 0.6 is 11.6 Å². The van der Waals surface area contributed by atoms with Crippen molar-refractivity contribution in [2.75, 3.05) is 13.1 Å². The van der Waals surface area contributed by atoms with Crippen molar-refractivity contribution in [3.05, 3.63) is 70.9 Å². The lowest BCUT2D eigenvalue weighted by Crippen LogP contribution is -2.36. The lowest BCUT2D eigenvalue weighted by Gasteiger charge is -2.37. The summed E-state index contributed by atoms with van der Waals surface area (Å²) in [5, 5.41) is 12.7. The SMILES string of the molecule is CC1CCN([C@@H](c2ccc(Cl)cc2)c2ccc3cccnc3c2O)CC1. The molecule has 0 saturated carbocycles. The van der Waals surface area contributed by atoms with Gasteiger partial charge >= 0.3 is 0 Å². The molecule has 1 fully saturated rings. The zero-order valence-electron chi connectivity index (χ0n) is 14.9. The van der Waals surface area contributed by atoms with E-state index in [0.29, 0.717) is 5.52 Å². The van der Waals surface area contributed by atoms with E-state index in [2.05, 4.69) is 28.9 Å². The van der Waals surface area contributed by atoms with Crippen LogP contribution in [0, 0.1) is 5.92 Å². The molecule has 4 rings (SSSR count). The highest BCUT2D eigenvalue weighted by Crippen LogP contribution is 2.39. The monoisotopic (exact) mass is 366 g/mol. The molecule has 1 aliphatic rings. The first-order valence-corrected chi connectivity index (χ1v) is 9.57. The van der Waals surface area contributed by atoms with E-state index in [9.17, 15) is 5.11 Å². The number of likely N-dealkylation sites (tertiary alicyclic amines) is 1. The van der Waals surface area contributed by atoms with Crippen molar-refractivity contribution in [1.29, 1.82) is 0 Å². The Labute approximate surface area is 159 Å². The normalized spacial score (nSPS) is 17.5. The molecule has 3 aromatic rings. The number of benzene rings is 2. The van der Waals surface area contributed by atoms with E-state index in [-0.39, 0.29) is 11.8 Å². The fourth-order valence-electron chi connectivity index (χ4n) is 3.88. The van der Waals surface area contributed by atoms with Gasteiger partial charge in [-0.05, 0) is 55.6 Å². The molecule has 1 aromatic heterocycles. The largest absolute Gasteiger partial charge is 0.505 e. The van der Waals surface area contributed by atoms with E-state index in [0.717, 1.165) is 40.5 Å². The average molecular weight is 367 g/mol. The molecular weight excluding hydrogens is 344 g/mol. The van der Waals surface area contributed by atoms with Gasteiger partial charge in [0.05, 0.1) is 6.04 Å². The van der Waals surface area contributed by atoms with Gasteiger partial charge in [0.2, 0.25) is 0 Å². The quantitative estimate of drug-likeness (QED) is 0.672. The van der Waals surface area contributed by atoms with Gasteiger partial charge in [0.1, 0.15) is 11.3 Å². The Bertz CT molecular complexity index is 902. The summed E-state index contributed by atoms with van der Waals surface area (Å²) in [6.07, 6.45) is 4.08. The van der Waals surface area contributed by atoms with Crippen LogP contribution in [0.1, 0.15) is 36.9 Å². The van der Waals surface area contributed by atoms with Gasteiger partial charge in [-0.15, -0.1) is 0 Å². The molecule has 1 aliphatic heterocycles. The van der Waals surface area contributed by atoms with Crippen molar-refractivity contribution in [3.63, 3.8) is 0 Å². The minimum absolute atomic E-state index is 0.00572. The number of phenolic OH excluding ortho intramolecular Hbond substituents is 1. The second-order valence-electron chi connectivity index (χ2n) is 7.25. The Kier molecular flexibility index (Phi) is 4.84. The number of halogens is 1. The Balaban J connectivity index is 1.82. The molecule has 134 valence electrons. The van der Waals surface area contributed by atoms with E-state index in [1.165, 1.54) is 12.8 Å². The second kappa shape index (κ2) is 7.26. The van der Waals surface area contributed by atoms with Gasteiger partial charge in [-0.3, -0.25) is 9.88 Å². The summed E-state index contributed by atoms with van der Waals surface area (Å²) in [6.45, 7) is 4.36. The highest BCUT2D eigenvalue weighted by molar-refractivity contribution is 6.30. The molecule has 1 N–H and O–H groups in total. The Hall–Kier alpha value is -2.10. The van der Waals surface area contributed by atoms with Crippen molar-refractivity contribution in [2.45, 2.75) is 25.8 Å². The van der Waals surface area contributed by atoms with Crippen molar-refractivity contribution in [3.8, 4) is 5.75 Å². The molecule has 0 spiro atoms. The molecule has 0 bridgehead atoms. The first-order chi connectivity index (χ1) is 12.6. The summed E-state index contributed by atoms with van der Waals surface area (Å²) in [6, 6.07) is 15.9. The minimum atomic E-state index is 0.00572. The zero-order chi connectivity index (χ0) is 18.1. The predicted octanol–water partition coefficient (Wildman–Crippen LogP) is 5.42. The van der Waals surface area contributed by atoms with Gasteiger partial charge in [-0.1, -0.05) is 48.9 Å². The van der Waals surface area contributed by atoms with E-state index in [1.54, 1.807) is 6.20 Å². The molecular formula is C22H23ClN2O. The highest BCUT2D eigenvalue weighted by Gasteiger charge is 2.28. The van der Waals surface area contributed by atoms with E-state index < -0.39 is 0 Å². The third-order valence-electron chi connectivity index (χ3n) is 5.44. The van der Waals surface area contributed by atoms with Gasteiger partial charge in [0.25, 0.3) is 0 Å².